The van der Waals surface area contributed by atoms with E-state index in [0.717, 1.165) is 30.6 Å². The van der Waals surface area contributed by atoms with Crippen LogP contribution >= 0.6 is 11.3 Å². The van der Waals surface area contributed by atoms with Gasteiger partial charge in [0, 0.05) is 6.04 Å². The number of hydrogen-bond donors (Lipinski definition) is 1. The highest BCUT2D eigenvalue weighted by atomic mass is 32.1. The number of thiazole rings is 1. The predicted octanol–water partition coefficient (Wildman–Crippen LogP) is 1.96. The summed E-state index contributed by atoms with van der Waals surface area (Å²) in [6.45, 7) is 0. The van der Waals surface area contributed by atoms with Gasteiger partial charge in [0.1, 0.15) is 12.3 Å². The Morgan fingerprint density at radius 3 is 3.00 bits per heavy atom. The van der Waals surface area contributed by atoms with E-state index in [9.17, 15) is 10.1 Å². The molecule has 0 radical (unpaired) electrons. The molecule has 2 rings (SSSR count). The summed E-state index contributed by atoms with van der Waals surface area (Å²) in [6, 6.07) is 0.312. The van der Waals surface area contributed by atoms with Crippen molar-refractivity contribution in [3.63, 3.8) is 0 Å². The number of hydrogen-bond acceptors (Lipinski definition) is 6. The minimum absolute atomic E-state index is 0.0248. The molecule has 1 N–H and O–H groups in total. The van der Waals surface area contributed by atoms with Crippen LogP contribution in [-0.2, 0) is 0 Å². The summed E-state index contributed by atoms with van der Waals surface area (Å²) in [6.07, 6.45) is 5.70. The standard InChI is InChI=1S/C10H15N3O3S/c1-11-7-4-2-3-5-8(7)16-10-12-6-9(17-10)13(14)15/h6-8,11H,2-5H2,1H3. The Labute approximate surface area is 103 Å². The molecule has 6 nitrogen and oxygen atoms in total. The number of ether oxygens (including phenoxy) is 1. The van der Waals surface area contributed by atoms with Crippen LogP contribution in [0.5, 0.6) is 5.19 Å². The van der Waals surface area contributed by atoms with Gasteiger partial charge in [-0.3, -0.25) is 10.1 Å². The number of aromatic nitrogens is 1. The first-order valence-corrected chi connectivity index (χ1v) is 6.46. The molecule has 0 saturated heterocycles. The Morgan fingerprint density at radius 2 is 2.35 bits per heavy atom. The molecule has 0 bridgehead atoms. The van der Waals surface area contributed by atoms with Crippen LogP contribution < -0.4 is 10.1 Å². The van der Waals surface area contributed by atoms with Crippen molar-refractivity contribution in [2.45, 2.75) is 37.8 Å². The first-order valence-electron chi connectivity index (χ1n) is 5.65. The topological polar surface area (TPSA) is 77.3 Å². The molecule has 1 saturated carbocycles. The van der Waals surface area contributed by atoms with Gasteiger partial charge in [-0.1, -0.05) is 6.42 Å². The number of nitro groups is 1. The van der Waals surface area contributed by atoms with E-state index in [1.165, 1.54) is 12.6 Å². The Balaban J connectivity index is 2.00. The lowest BCUT2D eigenvalue weighted by atomic mass is 9.93. The summed E-state index contributed by atoms with van der Waals surface area (Å²) in [5.74, 6) is 0. The molecule has 0 aliphatic heterocycles. The molecule has 0 aromatic carbocycles. The molecule has 1 fully saturated rings. The molecule has 7 heteroatoms. The molecule has 17 heavy (non-hydrogen) atoms. The molecule has 1 aliphatic rings. The molecule has 0 amide bonds. The van der Waals surface area contributed by atoms with Gasteiger partial charge in [0.05, 0.1) is 4.92 Å². The Morgan fingerprint density at radius 1 is 1.59 bits per heavy atom. The maximum absolute atomic E-state index is 10.5. The van der Waals surface area contributed by atoms with E-state index in [1.54, 1.807) is 0 Å². The van der Waals surface area contributed by atoms with Crippen LogP contribution in [0.2, 0.25) is 0 Å². The third-order valence-corrected chi connectivity index (χ3v) is 3.82. The third-order valence-electron chi connectivity index (χ3n) is 2.98. The third kappa shape index (κ3) is 2.92. The summed E-state index contributed by atoms with van der Waals surface area (Å²) in [4.78, 5) is 14.0. The first kappa shape index (κ1) is 12.3. The fraction of sp³-hybridized carbons (Fsp3) is 0.700. The summed E-state index contributed by atoms with van der Waals surface area (Å²) in [7, 11) is 1.91. The number of rotatable bonds is 4. The lowest BCUT2D eigenvalue weighted by Gasteiger charge is -2.30. The first-order chi connectivity index (χ1) is 8.20. The Bertz CT molecular complexity index is 396. The van der Waals surface area contributed by atoms with Crippen LogP contribution in [-0.4, -0.2) is 29.1 Å². The quantitative estimate of drug-likeness (QED) is 0.659. The average Bonchev–Trinajstić information content (AvgIpc) is 2.78. The smallest absolute Gasteiger partial charge is 0.347 e. The van der Waals surface area contributed by atoms with E-state index in [2.05, 4.69) is 10.3 Å². The van der Waals surface area contributed by atoms with E-state index >= 15 is 0 Å². The largest absolute Gasteiger partial charge is 0.465 e. The molecule has 94 valence electrons. The van der Waals surface area contributed by atoms with Crippen molar-refractivity contribution >= 4 is 16.3 Å². The lowest BCUT2D eigenvalue weighted by molar-refractivity contribution is -0.380. The van der Waals surface area contributed by atoms with E-state index in [1.807, 2.05) is 7.05 Å². The Kier molecular flexibility index (Phi) is 3.90. The van der Waals surface area contributed by atoms with Gasteiger partial charge in [-0.2, -0.15) is 0 Å². The van der Waals surface area contributed by atoms with Crippen LogP contribution in [0.3, 0.4) is 0 Å². The summed E-state index contributed by atoms with van der Waals surface area (Å²) in [5, 5.41) is 14.2. The highest BCUT2D eigenvalue weighted by Gasteiger charge is 2.26. The van der Waals surface area contributed by atoms with Gasteiger partial charge < -0.3 is 10.1 Å². The van der Waals surface area contributed by atoms with Gasteiger partial charge in [0.15, 0.2) is 0 Å². The van der Waals surface area contributed by atoms with E-state index in [0.29, 0.717) is 11.2 Å². The molecule has 1 aromatic rings. The lowest BCUT2D eigenvalue weighted by Crippen LogP contribution is -2.43. The van der Waals surface area contributed by atoms with E-state index < -0.39 is 4.92 Å². The molecule has 2 atom stereocenters. The molecule has 0 spiro atoms. The molecule has 1 aromatic heterocycles. The minimum atomic E-state index is -0.444. The van der Waals surface area contributed by atoms with Crippen molar-refractivity contribution in [1.82, 2.24) is 10.3 Å². The number of nitrogens with zero attached hydrogens (tertiary/aromatic N) is 2. The summed E-state index contributed by atoms with van der Waals surface area (Å²) < 4.78 is 5.73. The van der Waals surface area contributed by atoms with Crippen LogP contribution in [0.25, 0.3) is 0 Å². The number of likely N-dealkylation sites (N-methyl/N-ethyl adjacent to an activating group) is 1. The van der Waals surface area contributed by atoms with E-state index in [-0.39, 0.29) is 11.1 Å². The molecular weight excluding hydrogens is 242 g/mol. The van der Waals surface area contributed by atoms with Crippen molar-refractivity contribution in [3.8, 4) is 5.19 Å². The zero-order valence-corrected chi connectivity index (χ0v) is 10.4. The number of nitrogens with one attached hydrogen (secondary N) is 1. The predicted molar refractivity (Wildman–Crippen MR) is 64.5 cm³/mol. The maximum Gasteiger partial charge on any atom is 0.347 e. The SMILES string of the molecule is CNC1CCCCC1Oc1ncc([N+](=O)[O-])s1. The normalized spacial score (nSPS) is 24.5. The molecule has 1 heterocycles. The van der Waals surface area contributed by atoms with Crippen LogP contribution in [0.4, 0.5) is 5.00 Å². The van der Waals surface area contributed by atoms with Crippen molar-refractivity contribution < 1.29 is 9.66 Å². The summed E-state index contributed by atoms with van der Waals surface area (Å²) in [5.41, 5.74) is 0. The maximum atomic E-state index is 10.5. The van der Waals surface area contributed by atoms with Crippen LogP contribution in [0.1, 0.15) is 25.7 Å². The van der Waals surface area contributed by atoms with E-state index in [4.69, 9.17) is 4.74 Å². The second-order valence-electron chi connectivity index (χ2n) is 4.06. The van der Waals surface area contributed by atoms with Gasteiger partial charge in [-0.25, -0.2) is 4.98 Å². The average molecular weight is 257 g/mol. The van der Waals surface area contributed by atoms with Crippen LogP contribution in [0, 0.1) is 10.1 Å². The Hall–Kier alpha value is -1.21. The van der Waals surface area contributed by atoms with Crippen molar-refractivity contribution in [1.29, 1.82) is 0 Å². The highest BCUT2D eigenvalue weighted by Crippen LogP contribution is 2.30. The van der Waals surface area contributed by atoms with Gasteiger partial charge in [-0.05, 0) is 37.6 Å². The van der Waals surface area contributed by atoms with Gasteiger partial charge in [-0.15, -0.1) is 0 Å². The van der Waals surface area contributed by atoms with Crippen molar-refractivity contribution in [2.75, 3.05) is 7.05 Å². The zero-order chi connectivity index (χ0) is 12.3. The van der Waals surface area contributed by atoms with Gasteiger partial charge in [0.2, 0.25) is 0 Å². The monoisotopic (exact) mass is 257 g/mol. The highest BCUT2D eigenvalue weighted by molar-refractivity contribution is 7.16. The fourth-order valence-electron chi connectivity index (χ4n) is 2.09. The molecule has 2 unspecified atom stereocenters. The van der Waals surface area contributed by atoms with Gasteiger partial charge >= 0.3 is 5.00 Å². The summed E-state index contributed by atoms with van der Waals surface area (Å²) >= 11 is 0.987. The second-order valence-corrected chi connectivity index (χ2v) is 5.03. The molecular formula is C10H15N3O3S. The fourth-order valence-corrected chi connectivity index (χ4v) is 2.72. The molecule has 1 aliphatic carbocycles. The van der Waals surface area contributed by atoms with Gasteiger partial charge in [0.25, 0.3) is 5.19 Å². The minimum Gasteiger partial charge on any atom is -0.465 e. The van der Waals surface area contributed by atoms with Crippen LogP contribution in [0.15, 0.2) is 6.20 Å². The zero-order valence-electron chi connectivity index (χ0n) is 9.59. The second kappa shape index (κ2) is 5.42. The van der Waals surface area contributed by atoms with Crippen molar-refractivity contribution in [3.05, 3.63) is 16.3 Å². The van der Waals surface area contributed by atoms with Crippen molar-refractivity contribution in [2.24, 2.45) is 0 Å².